The first kappa shape index (κ1) is 14.8. The number of allylic oxidation sites excluding steroid dienone is 1. The van der Waals surface area contributed by atoms with Crippen molar-refractivity contribution in [3.63, 3.8) is 0 Å². The lowest BCUT2D eigenvalue weighted by Gasteiger charge is -2.30. The van der Waals surface area contributed by atoms with Gasteiger partial charge in [0.05, 0.1) is 5.41 Å². The first-order chi connectivity index (χ1) is 12.9. The predicted octanol–water partition coefficient (Wildman–Crippen LogP) is 4.83. The number of benzene rings is 3. The van der Waals surface area contributed by atoms with Crippen LogP contribution in [-0.2, 0) is 5.41 Å². The number of hydrogen-bond acceptors (Lipinski definition) is 2. The summed E-state index contributed by atoms with van der Waals surface area (Å²) in [6.45, 7) is 0. The standard InChI is InChI=1S/C23H17N3/c1-2-9-18(10-3-1)23(22-24-16-25-26-22)15-14-17-8-4-5-11-19(17)20-12-6-7-13-21(20)23/h1-16H,(H,24,25,26). The summed E-state index contributed by atoms with van der Waals surface area (Å²) in [5.74, 6) is 0.820. The number of fused-ring (bicyclic) bond motifs is 3. The largest absolute Gasteiger partial charge is 0.330 e. The molecule has 0 bridgehead atoms. The number of aromatic amines is 1. The maximum absolute atomic E-state index is 4.44. The maximum atomic E-state index is 4.44. The molecule has 1 unspecified atom stereocenters. The molecule has 4 aromatic rings. The van der Waals surface area contributed by atoms with E-state index in [1.165, 1.54) is 22.3 Å². The van der Waals surface area contributed by atoms with Crippen molar-refractivity contribution < 1.29 is 0 Å². The van der Waals surface area contributed by atoms with E-state index in [0.29, 0.717) is 0 Å². The Bertz CT molecular complexity index is 1080. The highest BCUT2D eigenvalue weighted by Gasteiger charge is 2.39. The molecule has 0 amide bonds. The Morgan fingerprint density at radius 3 is 2.27 bits per heavy atom. The molecule has 1 N–H and O–H groups in total. The van der Waals surface area contributed by atoms with E-state index in [1.54, 1.807) is 6.33 Å². The van der Waals surface area contributed by atoms with Crippen LogP contribution in [0.15, 0.2) is 91.3 Å². The number of nitrogens with one attached hydrogen (secondary N) is 1. The Balaban J connectivity index is 1.93. The van der Waals surface area contributed by atoms with Crippen LogP contribution in [0.3, 0.4) is 0 Å². The van der Waals surface area contributed by atoms with E-state index >= 15 is 0 Å². The van der Waals surface area contributed by atoms with E-state index in [2.05, 4.69) is 100 Å². The van der Waals surface area contributed by atoms with Gasteiger partial charge in [-0.05, 0) is 27.8 Å². The van der Waals surface area contributed by atoms with Gasteiger partial charge >= 0.3 is 0 Å². The molecule has 1 atom stereocenters. The third kappa shape index (κ3) is 2.07. The molecule has 3 aromatic carbocycles. The first-order valence-electron chi connectivity index (χ1n) is 8.70. The van der Waals surface area contributed by atoms with Crippen molar-refractivity contribution >= 4 is 6.08 Å². The Hall–Kier alpha value is -3.46. The van der Waals surface area contributed by atoms with Crippen molar-refractivity contribution in [1.29, 1.82) is 0 Å². The lowest BCUT2D eigenvalue weighted by atomic mass is 9.72. The minimum absolute atomic E-state index is 0.520. The molecule has 26 heavy (non-hydrogen) atoms. The van der Waals surface area contributed by atoms with Crippen LogP contribution in [-0.4, -0.2) is 15.2 Å². The second-order valence-electron chi connectivity index (χ2n) is 6.48. The van der Waals surface area contributed by atoms with Crippen LogP contribution >= 0.6 is 0 Å². The number of nitrogens with zero attached hydrogens (tertiary/aromatic N) is 2. The minimum atomic E-state index is -0.520. The Labute approximate surface area is 152 Å². The lowest BCUT2D eigenvalue weighted by Crippen LogP contribution is -2.28. The summed E-state index contributed by atoms with van der Waals surface area (Å²) in [6.07, 6.45) is 6.09. The molecule has 0 spiro atoms. The topological polar surface area (TPSA) is 41.6 Å². The van der Waals surface area contributed by atoms with Crippen LogP contribution in [0.4, 0.5) is 0 Å². The van der Waals surface area contributed by atoms with Gasteiger partial charge in [-0.25, -0.2) is 0 Å². The van der Waals surface area contributed by atoms with E-state index in [9.17, 15) is 0 Å². The average molecular weight is 335 g/mol. The summed E-state index contributed by atoms with van der Waals surface area (Å²) in [6, 6.07) is 27.6. The fraction of sp³-hybridized carbons (Fsp3) is 0.0435. The highest BCUT2D eigenvalue weighted by atomic mass is 15.2. The average Bonchev–Trinajstić information content (AvgIpc) is 3.21. The smallest absolute Gasteiger partial charge is 0.149 e. The number of hydrogen-bond donors (Lipinski definition) is 1. The highest BCUT2D eigenvalue weighted by molar-refractivity contribution is 5.83. The molecule has 1 aliphatic rings. The summed E-state index contributed by atoms with van der Waals surface area (Å²) < 4.78 is 0. The van der Waals surface area contributed by atoms with Crippen LogP contribution in [0, 0.1) is 0 Å². The van der Waals surface area contributed by atoms with Gasteiger partial charge in [0, 0.05) is 0 Å². The molecule has 0 fully saturated rings. The van der Waals surface area contributed by atoms with E-state index in [0.717, 1.165) is 11.4 Å². The van der Waals surface area contributed by atoms with Gasteiger partial charge < -0.3 is 4.98 Å². The maximum Gasteiger partial charge on any atom is 0.149 e. The molecule has 0 radical (unpaired) electrons. The van der Waals surface area contributed by atoms with Gasteiger partial charge in [0.25, 0.3) is 0 Å². The number of aromatic nitrogens is 3. The predicted molar refractivity (Wildman–Crippen MR) is 104 cm³/mol. The molecule has 1 heterocycles. The van der Waals surface area contributed by atoms with Crippen molar-refractivity contribution in [3.8, 4) is 11.1 Å². The van der Waals surface area contributed by atoms with Gasteiger partial charge in [-0.1, -0.05) is 91.0 Å². The molecule has 3 heteroatoms. The number of rotatable bonds is 2. The van der Waals surface area contributed by atoms with Crippen molar-refractivity contribution in [2.45, 2.75) is 5.41 Å². The molecule has 0 aliphatic heterocycles. The third-order valence-corrected chi connectivity index (χ3v) is 5.14. The molecule has 1 aliphatic carbocycles. The zero-order chi connectivity index (χ0) is 17.4. The summed E-state index contributed by atoms with van der Waals surface area (Å²) in [5, 5.41) is 8.52. The minimum Gasteiger partial charge on any atom is -0.330 e. The summed E-state index contributed by atoms with van der Waals surface area (Å²) in [7, 11) is 0. The van der Waals surface area contributed by atoms with Crippen LogP contribution < -0.4 is 0 Å². The van der Waals surface area contributed by atoms with Crippen LogP contribution in [0.25, 0.3) is 17.2 Å². The number of H-pyrrole nitrogens is 1. The summed E-state index contributed by atoms with van der Waals surface area (Å²) in [4.78, 5) is 3.27. The zero-order valence-corrected chi connectivity index (χ0v) is 14.1. The van der Waals surface area contributed by atoms with E-state index in [4.69, 9.17) is 0 Å². The molecular formula is C23H17N3. The van der Waals surface area contributed by atoms with E-state index < -0.39 is 5.41 Å². The summed E-state index contributed by atoms with van der Waals surface area (Å²) >= 11 is 0. The van der Waals surface area contributed by atoms with Gasteiger partial charge in [-0.15, -0.1) is 10.2 Å². The van der Waals surface area contributed by atoms with Crippen LogP contribution in [0.2, 0.25) is 0 Å². The Kier molecular flexibility index (Phi) is 3.32. The second kappa shape index (κ2) is 5.81. The zero-order valence-electron chi connectivity index (χ0n) is 14.1. The van der Waals surface area contributed by atoms with Crippen LogP contribution in [0.1, 0.15) is 22.5 Å². The van der Waals surface area contributed by atoms with Crippen LogP contribution in [0.5, 0.6) is 0 Å². The van der Waals surface area contributed by atoms with Gasteiger partial charge in [0.2, 0.25) is 0 Å². The molecular weight excluding hydrogens is 318 g/mol. The monoisotopic (exact) mass is 335 g/mol. The molecule has 1 aromatic heterocycles. The SMILES string of the molecule is C1=CC(c2ccccc2)(c2nnc[nH]2)c2ccccc2-c2ccccc21. The highest BCUT2D eigenvalue weighted by Crippen LogP contribution is 2.46. The summed E-state index contributed by atoms with van der Waals surface area (Å²) in [5.41, 5.74) is 5.49. The van der Waals surface area contributed by atoms with E-state index in [1.807, 2.05) is 6.07 Å². The van der Waals surface area contributed by atoms with Gasteiger partial charge in [-0.3, -0.25) is 0 Å². The van der Waals surface area contributed by atoms with Crippen molar-refractivity contribution in [1.82, 2.24) is 15.2 Å². The lowest BCUT2D eigenvalue weighted by molar-refractivity contribution is 0.716. The molecule has 0 saturated heterocycles. The van der Waals surface area contributed by atoms with Gasteiger partial charge in [-0.2, -0.15) is 0 Å². The second-order valence-corrected chi connectivity index (χ2v) is 6.48. The third-order valence-electron chi connectivity index (χ3n) is 5.14. The molecule has 5 rings (SSSR count). The normalized spacial score (nSPS) is 18.0. The van der Waals surface area contributed by atoms with E-state index in [-0.39, 0.29) is 0 Å². The van der Waals surface area contributed by atoms with Gasteiger partial charge in [0.15, 0.2) is 0 Å². The van der Waals surface area contributed by atoms with Crippen molar-refractivity contribution in [3.05, 3.63) is 114 Å². The first-order valence-corrected chi connectivity index (χ1v) is 8.70. The molecule has 124 valence electrons. The quantitative estimate of drug-likeness (QED) is 0.570. The van der Waals surface area contributed by atoms with Crippen molar-refractivity contribution in [2.75, 3.05) is 0 Å². The molecule has 0 saturated carbocycles. The molecule has 3 nitrogen and oxygen atoms in total. The van der Waals surface area contributed by atoms with Crippen molar-refractivity contribution in [2.24, 2.45) is 0 Å². The Morgan fingerprint density at radius 1 is 0.731 bits per heavy atom. The Morgan fingerprint density at radius 2 is 1.46 bits per heavy atom. The van der Waals surface area contributed by atoms with Gasteiger partial charge in [0.1, 0.15) is 12.2 Å². The fourth-order valence-corrected chi connectivity index (χ4v) is 3.95. The fourth-order valence-electron chi connectivity index (χ4n) is 3.95.